The van der Waals surface area contributed by atoms with Crippen molar-refractivity contribution in [3.63, 3.8) is 0 Å². The van der Waals surface area contributed by atoms with Crippen LogP contribution in [0.15, 0.2) is 45.3 Å². The fourth-order valence-electron chi connectivity index (χ4n) is 3.75. The molecule has 5 nitrogen and oxygen atoms in total. The molecule has 130 valence electrons. The molecule has 0 spiro atoms. The fourth-order valence-corrected chi connectivity index (χ4v) is 3.75. The zero-order valence-corrected chi connectivity index (χ0v) is 14.6. The van der Waals surface area contributed by atoms with Crippen LogP contribution in [-0.2, 0) is 11.2 Å². The smallest absolute Gasteiger partial charge is 0.228 e. The SMILES string of the molecule is CC1CC(C)CN(C(=O)Cc2cc(-c3cc4ccccc4o3)on2)C1. The summed E-state index contributed by atoms with van der Waals surface area (Å²) in [6, 6.07) is 11.5. The first-order valence-corrected chi connectivity index (χ1v) is 8.81. The minimum absolute atomic E-state index is 0.114. The standard InChI is InChI=1S/C20H22N2O3/c1-13-7-14(2)12-22(11-13)20(23)10-16-9-19(25-21-16)18-8-15-5-3-4-6-17(15)24-18/h3-6,8-9,13-14H,7,10-12H2,1-2H3. The Balaban J connectivity index is 1.48. The minimum atomic E-state index is 0.114. The van der Waals surface area contributed by atoms with E-state index in [9.17, 15) is 4.79 Å². The summed E-state index contributed by atoms with van der Waals surface area (Å²) in [7, 11) is 0. The number of piperidine rings is 1. The summed E-state index contributed by atoms with van der Waals surface area (Å²) in [5, 5.41) is 5.07. The van der Waals surface area contributed by atoms with E-state index in [4.69, 9.17) is 8.94 Å². The third kappa shape index (κ3) is 3.31. The lowest BCUT2D eigenvalue weighted by molar-refractivity contribution is -0.133. The number of aromatic nitrogens is 1. The van der Waals surface area contributed by atoms with E-state index in [1.165, 1.54) is 6.42 Å². The third-order valence-electron chi connectivity index (χ3n) is 4.78. The molecule has 0 radical (unpaired) electrons. The number of rotatable bonds is 3. The van der Waals surface area contributed by atoms with Crippen molar-refractivity contribution >= 4 is 16.9 Å². The number of amides is 1. The number of benzene rings is 1. The molecule has 0 bridgehead atoms. The molecule has 3 aromatic rings. The van der Waals surface area contributed by atoms with E-state index in [2.05, 4.69) is 19.0 Å². The molecule has 3 heterocycles. The first-order valence-electron chi connectivity index (χ1n) is 8.81. The summed E-state index contributed by atoms with van der Waals surface area (Å²) in [5.41, 5.74) is 1.45. The van der Waals surface area contributed by atoms with Crippen LogP contribution in [0.1, 0.15) is 26.0 Å². The van der Waals surface area contributed by atoms with E-state index in [-0.39, 0.29) is 12.3 Å². The van der Waals surface area contributed by atoms with Crippen LogP contribution in [0.5, 0.6) is 0 Å². The number of nitrogens with zero attached hydrogens (tertiary/aromatic N) is 2. The maximum atomic E-state index is 12.6. The second-order valence-electron chi connectivity index (χ2n) is 7.25. The van der Waals surface area contributed by atoms with Crippen LogP contribution < -0.4 is 0 Å². The molecule has 2 unspecified atom stereocenters. The Kier molecular flexibility index (Phi) is 4.07. The Morgan fingerprint density at radius 3 is 2.68 bits per heavy atom. The largest absolute Gasteiger partial charge is 0.453 e. The molecule has 25 heavy (non-hydrogen) atoms. The molecule has 0 N–H and O–H groups in total. The summed E-state index contributed by atoms with van der Waals surface area (Å²) in [6.07, 6.45) is 1.45. The van der Waals surface area contributed by atoms with Crippen molar-refractivity contribution in [3.8, 4) is 11.5 Å². The summed E-state index contributed by atoms with van der Waals surface area (Å²) < 4.78 is 11.2. The van der Waals surface area contributed by atoms with E-state index >= 15 is 0 Å². The summed E-state index contributed by atoms with van der Waals surface area (Å²) >= 11 is 0. The maximum absolute atomic E-state index is 12.6. The van der Waals surface area contributed by atoms with Crippen LogP contribution >= 0.6 is 0 Å². The summed E-state index contributed by atoms with van der Waals surface area (Å²) in [5.74, 6) is 2.40. The van der Waals surface area contributed by atoms with E-state index in [0.717, 1.165) is 24.1 Å². The quantitative estimate of drug-likeness (QED) is 0.720. The molecular weight excluding hydrogens is 316 g/mol. The highest BCUT2D eigenvalue weighted by molar-refractivity contribution is 5.82. The van der Waals surface area contributed by atoms with Gasteiger partial charge in [-0.15, -0.1) is 0 Å². The lowest BCUT2D eigenvalue weighted by atomic mass is 9.91. The highest BCUT2D eigenvalue weighted by atomic mass is 16.5. The number of para-hydroxylation sites is 1. The van der Waals surface area contributed by atoms with E-state index < -0.39 is 0 Å². The lowest BCUT2D eigenvalue weighted by Crippen LogP contribution is -2.43. The van der Waals surface area contributed by atoms with Gasteiger partial charge in [-0.05, 0) is 30.4 Å². The molecule has 2 aromatic heterocycles. The second kappa shape index (κ2) is 6.39. The van der Waals surface area contributed by atoms with Crippen LogP contribution in [0.4, 0.5) is 0 Å². The zero-order valence-electron chi connectivity index (χ0n) is 14.6. The molecule has 0 saturated carbocycles. The van der Waals surface area contributed by atoms with E-state index in [1.54, 1.807) is 6.07 Å². The van der Waals surface area contributed by atoms with Gasteiger partial charge < -0.3 is 13.8 Å². The highest BCUT2D eigenvalue weighted by Gasteiger charge is 2.26. The van der Waals surface area contributed by atoms with Gasteiger partial charge in [0, 0.05) is 24.5 Å². The number of furan rings is 1. The molecule has 1 aliphatic rings. The van der Waals surface area contributed by atoms with Crippen molar-refractivity contribution in [1.29, 1.82) is 0 Å². The van der Waals surface area contributed by atoms with Crippen molar-refractivity contribution in [2.24, 2.45) is 11.8 Å². The molecule has 1 saturated heterocycles. The van der Waals surface area contributed by atoms with Gasteiger partial charge >= 0.3 is 0 Å². The number of likely N-dealkylation sites (tertiary alicyclic amines) is 1. The highest BCUT2D eigenvalue weighted by Crippen LogP contribution is 2.28. The van der Waals surface area contributed by atoms with Gasteiger partial charge in [-0.3, -0.25) is 4.79 Å². The van der Waals surface area contributed by atoms with Gasteiger partial charge in [-0.25, -0.2) is 0 Å². The van der Waals surface area contributed by atoms with Gasteiger partial charge in [0.25, 0.3) is 0 Å². The van der Waals surface area contributed by atoms with Crippen molar-refractivity contribution < 1.29 is 13.7 Å². The Bertz CT molecular complexity index is 852. The zero-order chi connectivity index (χ0) is 17.4. The molecule has 1 aromatic carbocycles. The predicted octanol–water partition coefficient (Wildman–Crippen LogP) is 4.13. The first kappa shape index (κ1) is 15.9. The lowest BCUT2D eigenvalue weighted by Gasteiger charge is -2.34. The Morgan fingerprint density at radius 2 is 1.92 bits per heavy atom. The van der Waals surface area contributed by atoms with Crippen molar-refractivity contribution in [2.75, 3.05) is 13.1 Å². The van der Waals surface area contributed by atoms with Gasteiger partial charge in [-0.2, -0.15) is 0 Å². The summed E-state index contributed by atoms with van der Waals surface area (Å²) in [6.45, 7) is 6.06. The van der Waals surface area contributed by atoms with Gasteiger partial charge in [-0.1, -0.05) is 37.2 Å². The molecule has 5 heteroatoms. The van der Waals surface area contributed by atoms with Crippen molar-refractivity contribution in [3.05, 3.63) is 42.1 Å². The maximum Gasteiger partial charge on any atom is 0.228 e. The average molecular weight is 338 g/mol. The molecule has 1 aliphatic heterocycles. The number of carbonyl (C=O) groups excluding carboxylic acids is 1. The fraction of sp³-hybridized carbons (Fsp3) is 0.400. The van der Waals surface area contributed by atoms with Crippen LogP contribution in [0, 0.1) is 11.8 Å². The van der Waals surface area contributed by atoms with Gasteiger partial charge in [0.05, 0.1) is 12.1 Å². The van der Waals surface area contributed by atoms with E-state index in [1.807, 2.05) is 35.2 Å². The van der Waals surface area contributed by atoms with Crippen molar-refractivity contribution in [1.82, 2.24) is 10.1 Å². The molecule has 4 rings (SSSR count). The molecule has 2 atom stereocenters. The Labute approximate surface area is 146 Å². The molecular formula is C20H22N2O3. The minimum Gasteiger partial charge on any atom is -0.453 e. The van der Waals surface area contributed by atoms with Crippen molar-refractivity contribution in [2.45, 2.75) is 26.7 Å². The average Bonchev–Trinajstić information content (AvgIpc) is 3.20. The van der Waals surface area contributed by atoms with Gasteiger partial charge in [0.15, 0.2) is 5.76 Å². The van der Waals surface area contributed by atoms with Gasteiger partial charge in [0.2, 0.25) is 11.7 Å². The molecule has 1 amide bonds. The van der Waals surface area contributed by atoms with Crippen LogP contribution in [0.25, 0.3) is 22.5 Å². The summed E-state index contributed by atoms with van der Waals surface area (Å²) in [4.78, 5) is 14.5. The Morgan fingerprint density at radius 1 is 1.16 bits per heavy atom. The number of fused-ring (bicyclic) bond motifs is 1. The number of hydrogen-bond acceptors (Lipinski definition) is 4. The number of hydrogen-bond donors (Lipinski definition) is 0. The predicted molar refractivity (Wildman–Crippen MR) is 94.9 cm³/mol. The monoisotopic (exact) mass is 338 g/mol. The normalized spacial score (nSPS) is 21.0. The van der Waals surface area contributed by atoms with Crippen LogP contribution in [0.3, 0.4) is 0 Å². The van der Waals surface area contributed by atoms with E-state index in [0.29, 0.717) is 29.1 Å². The van der Waals surface area contributed by atoms with Gasteiger partial charge in [0.1, 0.15) is 5.58 Å². The Hall–Kier alpha value is -2.56. The first-order chi connectivity index (χ1) is 12.1. The second-order valence-corrected chi connectivity index (χ2v) is 7.25. The van der Waals surface area contributed by atoms with Crippen LogP contribution in [-0.4, -0.2) is 29.1 Å². The molecule has 1 fully saturated rings. The van der Waals surface area contributed by atoms with Crippen LogP contribution in [0.2, 0.25) is 0 Å². The number of carbonyl (C=O) groups is 1. The third-order valence-corrected chi connectivity index (χ3v) is 4.78. The molecule has 0 aliphatic carbocycles. The topological polar surface area (TPSA) is 59.5 Å².